The zero-order chi connectivity index (χ0) is 14.4. The topological polar surface area (TPSA) is 65.5 Å². The molecule has 0 atom stereocenters. The molecule has 1 aromatic heterocycles. The average Bonchev–Trinajstić information content (AvgIpc) is 2.49. The van der Waals surface area contributed by atoms with E-state index in [1.54, 1.807) is 31.2 Å². The minimum Gasteiger partial charge on any atom is -0.462 e. The van der Waals surface area contributed by atoms with Crippen molar-refractivity contribution >= 4 is 11.9 Å². The molecule has 0 unspecified atom stereocenters. The number of benzene rings is 1. The number of ether oxygens (including phenoxy) is 2. The first-order valence-corrected chi connectivity index (χ1v) is 6.10. The summed E-state index contributed by atoms with van der Waals surface area (Å²) >= 11 is 0. The van der Waals surface area contributed by atoms with Gasteiger partial charge in [0.1, 0.15) is 11.3 Å². The standard InChI is InChI=1S/C15H13NO4/c1-2-19-15(18)12-5-3-4-6-13(12)20-14(17)11-7-9-16-10-8-11/h3-10H,2H2,1H3. The molecule has 0 aliphatic heterocycles. The Morgan fingerprint density at radius 2 is 1.75 bits per heavy atom. The molecule has 0 radical (unpaired) electrons. The number of aromatic nitrogens is 1. The van der Waals surface area contributed by atoms with Crippen LogP contribution < -0.4 is 4.74 Å². The lowest BCUT2D eigenvalue weighted by Gasteiger charge is -2.09. The smallest absolute Gasteiger partial charge is 0.343 e. The molecule has 1 aromatic carbocycles. The molecular formula is C15H13NO4. The summed E-state index contributed by atoms with van der Waals surface area (Å²) in [5.41, 5.74) is 0.579. The van der Waals surface area contributed by atoms with Crippen molar-refractivity contribution in [2.24, 2.45) is 0 Å². The first-order chi connectivity index (χ1) is 9.72. The van der Waals surface area contributed by atoms with Crippen LogP contribution in [0.4, 0.5) is 0 Å². The minimum absolute atomic E-state index is 0.174. The third-order valence-corrected chi connectivity index (χ3v) is 2.50. The summed E-state index contributed by atoms with van der Waals surface area (Å²) in [6.45, 7) is 1.97. The van der Waals surface area contributed by atoms with Gasteiger partial charge in [0.2, 0.25) is 0 Å². The SMILES string of the molecule is CCOC(=O)c1ccccc1OC(=O)c1ccncc1. The highest BCUT2D eigenvalue weighted by Crippen LogP contribution is 2.20. The van der Waals surface area contributed by atoms with Crippen molar-refractivity contribution in [3.05, 3.63) is 59.9 Å². The van der Waals surface area contributed by atoms with E-state index in [4.69, 9.17) is 9.47 Å². The first kappa shape index (κ1) is 13.7. The molecular weight excluding hydrogens is 258 g/mol. The van der Waals surface area contributed by atoms with E-state index in [0.717, 1.165) is 0 Å². The predicted octanol–water partition coefficient (Wildman–Crippen LogP) is 2.48. The molecule has 2 aromatic rings. The second kappa shape index (κ2) is 6.47. The Hall–Kier alpha value is -2.69. The second-order valence-electron chi connectivity index (χ2n) is 3.84. The van der Waals surface area contributed by atoms with E-state index in [1.807, 2.05) is 0 Å². The molecule has 0 saturated carbocycles. The quantitative estimate of drug-likeness (QED) is 0.631. The molecule has 0 N–H and O–H groups in total. The van der Waals surface area contributed by atoms with Gasteiger partial charge in [0.25, 0.3) is 0 Å². The van der Waals surface area contributed by atoms with E-state index in [2.05, 4.69) is 4.98 Å². The Bertz CT molecular complexity index is 610. The Morgan fingerprint density at radius 3 is 2.45 bits per heavy atom. The van der Waals surface area contributed by atoms with Crippen molar-refractivity contribution in [3.63, 3.8) is 0 Å². The van der Waals surface area contributed by atoms with Crippen molar-refractivity contribution in [3.8, 4) is 5.75 Å². The van der Waals surface area contributed by atoms with E-state index in [0.29, 0.717) is 5.56 Å². The fourth-order valence-corrected chi connectivity index (χ4v) is 1.58. The number of pyridine rings is 1. The molecule has 0 saturated heterocycles. The van der Waals surface area contributed by atoms with Crippen molar-refractivity contribution in [1.82, 2.24) is 4.98 Å². The maximum absolute atomic E-state index is 11.9. The lowest BCUT2D eigenvalue weighted by atomic mass is 10.2. The molecule has 0 aliphatic rings. The van der Waals surface area contributed by atoms with E-state index in [-0.39, 0.29) is 17.9 Å². The van der Waals surface area contributed by atoms with Crippen LogP contribution in [0.1, 0.15) is 27.6 Å². The van der Waals surface area contributed by atoms with Crippen LogP contribution in [-0.2, 0) is 4.74 Å². The minimum atomic E-state index is -0.552. The third kappa shape index (κ3) is 3.20. The van der Waals surface area contributed by atoms with Gasteiger partial charge in [0, 0.05) is 12.4 Å². The lowest BCUT2D eigenvalue weighted by molar-refractivity contribution is 0.0520. The van der Waals surface area contributed by atoms with Gasteiger partial charge in [-0.15, -0.1) is 0 Å². The normalized spacial score (nSPS) is 9.85. The number of hydrogen-bond acceptors (Lipinski definition) is 5. The van der Waals surface area contributed by atoms with E-state index in [1.165, 1.54) is 24.5 Å². The number of esters is 2. The number of carbonyl (C=O) groups is 2. The monoisotopic (exact) mass is 271 g/mol. The predicted molar refractivity (Wildman–Crippen MR) is 71.6 cm³/mol. The van der Waals surface area contributed by atoms with Gasteiger partial charge in [0.15, 0.2) is 0 Å². The van der Waals surface area contributed by atoms with Gasteiger partial charge in [0.05, 0.1) is 12.2 Å². The Kier molecular flexibility index (Phi) is 4.44. The summed E-state index contributed by atoms with van der Waals surface area (Å²) in [6.07, 6.45) is 2.99. The summed E-state index contributed by atoms with van der Waals surface area (Å²) in [5, 5.41) is 0. The van der Waals surface area contributed by atoms with Crippen LogP contribution in [0.2, 0.25) is 0 Å². The molecule has 5 heteroatoms. The van der Waals surface area contributed by atoms with Crippen molar-refractivity contribution in [1.29, 1.82) is 0 Å². The van der Waals surface area contributed by atoms with Gasteiger partial charge < -0.3 is 9.47 Å². The van der Waals surface area contributed by atoms with Crippen LogP contribution in [0.15, 0.2) is 48.8 Å². The maximum atomic E-state index is 11.9. The molecule has 102 valence electrons. The Balaban J connectivity index is 2.21. The van der Waals surface area contributed by atoms with E-state index in [9.17, 15) is 9.59 Å². The van der Waals surface area contributed by atoms with Crippen molar-refractivity contribution in [2.45, 2.75) is 6.92 Å². The summed E-state index contributed by atoms with van der Waals surface area (Å²) in [5.74, 6) is -0.900. The molecule has 2 rings (SSSR count). The molecule has 1 heterocycles. The van der Waals surface area contributed by atoms with Gasteiger partial charge in [-0.2, -0.15) is 0 Å². The van der Waals surface area contributed by atoms with Crippen LogP contribution in [0, 0.1) is 0 Å². The zero-order valence-electron chi connectivity index (χ0n) is 10.9. The Labute approximate surface area is 116 Å². The zero-order valence-corrected chi connectivity index (χ0v) is 10.9. The molecule has 0 bridgehead atoms. The van der Waals surface area contributed by atoms with Crippen LogP contribution in [-0.4, -0.2) is 23.5 Å². The number of rotatable bonds is 4. The molecule has 20 heavy (non-hydrogen) atoms. The van der Waals surface area contributed by atoms with Crippen LogP contribution in [0.25, 0.3) is 0 Å². The lowest BCUT2D eigenvalue weighted by Crippen LogP contribution is -2.13. The fourth-order valence-electron chi connectivity index (χ4n) is 1.58. The average molecular weight is 271 g/mol. The van der Waals surface area contributed by atoms with Gasteiger partial charge in [-0.25, -0.2) is 9.59 Å². The van der Waals surface area contributed by atoms with Crippen molar-refractivity contribution in [2.75, 3.05) is 6.61 Å². The first-order valence-electron chi connectivity index (χ1n) is 6.10. The molecule has 0 amide bonds. The van der Waals surface area contributed by atoms with Gasteiger partial charge in [-0.1, -0.05) is 12.1 Å². The Morgan fingerprint density at radius 1 is 1.05 bits per heavy atom. The summed E-state index contributed by atoms with van der Waals surface area (Å²) in [6, 6.07) is 9.52. The summed E-state index contributed by atoms with van der Waals surface area (Å²) < 4.78 is 10.1. The van der Waals surface area contributed by atoms with E-state index < -0.39 is 11.9 Å². The summed E-state index contributed by atoms with van der Waals surface area (Å²) in [4.78, 5) is 27.5. The fraction of sp³-hybridized carbons (Fsp3) is 0.133. The molecule has 0 aliphatic carbocycles. The highest BCUT2D eigenvalue weighted by molar-refractivity contribution is 5.96. The highest BCUT2D eigenvalue weighted by Gasteiger charge is 2.16. The highest BCUT2D eigenvalue weighted by atomic mass is 16.5. The summed E-state index contributed by atoms with van der Waals surface area (Å²) in [7, 11) is 0. The second-order valence-corrected chi connectivity index (χ2v) is 3.84. The van der Waals surface area contributed by atoms with Crippen LogP contribution in [0.3, 0.4) is 0 Å². The largest absolute Gasteiger partial charge is 0.462 e. The number of hydrogen-bond donors (Lipinski definition) is 0. The molecule has 0 spiro atoms. The van der Waals surface area contributed by atoms with E-state index >= 15 is 0 Å². The van der Waals surface area contributed by atoms with Gasteiger partial charge in [-0.05, 0) is 31.2 Å². The molecule has 5 nitrogen and oxygen atoms in total. The van der Waals surface area contributed by atoms with Gasteiger partial charge in [-0.3, -0.25) is 4.98 Å². The van der Waals surface area contributed by atoms with Crippen LogP contribution in [0.5, 0.6) is 5.75 Å². The number of para-hydroxylation sites is 1. The van der Waals surface area contributed by atoms with Crippen LogP contribution >= 0.6 is 0 Å². The third-order valence-electron chi connectivity index (χ3n) is 2.50. The number of nitrogens with zero attached hydrogens (tertiary/aromatic N) is 1. The van der Waals surface area contributed by atoms with Gasteiger partial charge >= 0.3 is 11.9 Å². The van der Waals surface area contributed by atoms with Crippen molar-refractivity contribution < 1.29 is 19.1 Å². The maximum Gasteiger partial charge on any atom is 0.343 e. The number of carbonyl (C=O) groups excluding carboxylic acids is 2. The molecule has 0 fully saturated rings.